The lowest BCUT2D eigenvalue weighted by atomic mass is 9.98. The number of hydrogen-bond donors (Lipinski definition) is 6. The van der Waals surface area contributed by atoms with E-state index in [2.05, 4.69) is 0 Å². The summed E-state index contributed by atoms with van der Waals surface area (Å²) in [4.78, 5) is 0. The molecule has 120 valence electrons. The minimum absolute atomic E-state index is 0.467. The van der Waals surface area contributed by atoms with Crippen molar-refractivity contribution in [3.8, 4) is 0 Å². The van der Waals surface area contributed by atoms with Gasteiger partial charge in [-0.1, -0.05) is 20.8 Å². The fraction of sp³-hybridized carbons (Fsp3) is 0.833. The number of allylic oxidation sites excluding steroid dienone is 1. The van der Waals surface area contributed by atoms with Gasteiger partial charge in [0.2, 0.25) is 0 Å². The molecule has 1 aliphatic rings. The molecule has 0 spiro atoms. The van der Waals surface area contributed by atoms with Gasteiger partial charge in [0.05, 0.1) is 6.61 Å². The summed E-state index contributed by atoms with van der Waals surface area (Å²) < 4.78 is 5.23. The van der Waals surface area contributed by atoms with Crippen LogP contribution in [0.25, 0.3) is 0 Å². The van der Waals surface area contributed by atoms with Crippen LogP contribution in [0.5, 0.6) is 0 Å². The lowest BCUT2D eigenvalue weighted by Gasteiger charge is -2.42. The lowest BCUT2D eigenvalue weighted by Crippen LogP contribution is -2.63. The van der Waals surface area contributed by atoms with Crippen LogP contribution in [0.2, 0.25) is 0 Å². The molecule has 0 aromatic heterocycles. The van der Waals surface area contributed by atoms with Crippen LogP contribution in [0.1, 0.15) is 27.2 Å². The minimum Gasteiger partial charge on any atom is -0.401 e. The van der Waals surface area contributed by atoms with Crippen LogP contribution in [-0.2, 0) is 4.74 Å². The van der Waals surface area contributed by atoms with Crippen molar-refractivity contribution < 1.29 is 25.2 Å². The van der Waals surface area contributed by atoms with Gasteiger partial charge in [0.25, 0.3) is 0 Å². The van der Waals surface area contributed by atoms with Crippen molar-refractivity contribution in [2.24, 2.45) is 11.6 Å². The first-order valence-corrected chi connectivity index (χ1v) is 6.72. The van der Waals surface area contributed by atoms with E-state index >= 15 is 0 Å². The van der Waals surface area contributed by atoms with Crippen molar-refractivity contribution in [3.63, 3.8) is 0 Å². The van der Waals surface area contributed by atoms with E-state index in [4.69, 9.17) is 21.4 Å². The van der Waals surface area contributed by atoms with Crippen molar-refractivity contribution in [3.05, 3.63) is 11.9 Å². The number of rotatable bonds is 4. The zero-order valence-electron chi connectivity index (χ0n) is 12.2. The smallest absolute Gasteiger partial charge is 0.172 e. The van der Waals surface area contributed by atoms with Crippen LogP contribution in [0.4, 0.5) is 0 Å². The average Bonchev–Trinajstić information content (AvgIpc) is 2.47. The van der Waals surface area contributed by atoms with Crippen LogP contribution >= 0.6 is 0 Å². The molecule has 0 amide bonds. The van der Waals surface area contributed by atoms with Gasteiger partial charge in [-0.15, -0.1) is 0 Å². The first-order chi connectivity index (χ1) is 9.42. The molecule has 1 heterocycles. The molecule has 1 rings (SSSR count). The zero-order valence-corrected chi connectivity index (χ0v) is 12.2. The van der Waals surface area contributed by atoms with Gasteiger partial charge in [-0.2, -0.15) is 0 Å². The van der Waals surface area contributed by atoms with Gasteiger partial charge in [-0.25, -0.2) is 5.84 Å². The zero-order chi connectivity index (χ0) is 15.9. The number of ether oxygens (including phenoxy) is 1. The van der Waals surface area contributed by atoms with E-state index in [0.29, 0.717) is 12.1 Å². The summed E-state index contributed by atoms with van der Waals surface area (Å²) in [6, 6.07) is 0. The number of nitrogens with two attached hydrogens (primary N) is 2. The normalized spacial score (nSPS) is 34.2. The molecule has 0 bridgehead atoms. The van der Waals surface area contributed by atoms with Crippen LogP contribution in [-0.4, -0.2) is 62.7 Å². The molecule has 5 atom stereocenters. The van der Waals surface area contributed by atoms with Crippen LogP contribution in [0, 0.1) is 0 Å². The van der Waals surface area contributed by atoms with Gasteiger partial charge in [0, 0.05) is 11.9 Å². The maximum atomic E-state index is 9.77. The van der Waals surface area contributed by atoms with Crippen molar-refractivity contribution in [2.75, 3.05) is 6.61 Å². The second-order valence-corrected chi connectivity index (χ2v) is 4.22. The molecule has 8 N–H and O–H groups in total. The number of nitrogens with zero attached hydrogens (tertiary/aromatic N) is 1. The maximum absolute atomic E-state index is 9.77. The van der Waals surface area contributed by atoms with Crippen LogP contribution < -0.4 is 11.6 Å². The van der Waals surface area contributed by atoms with E-state index in [1.165, 1.54) is 6.20 Å². The summed E-state index contributed by atoms with van der Waals surface area (Å²) in [6.45, 7) is 5.33. The summed E-state index contributed by atoms with van der Waals surface area (Å²) in [7, 11) is 0. The minimum atomic E-state index is -1.46. The second-order valence-electron chi connectivity index (χ2n) is 4.22. The summed E-state index contributed by atoms with van der Waals surface area (Å²) >= 11 is 0. The van der Waals surface area contributed by atoms with E-state index < -0.39 is 37.3 Å². The molecule has 0 radical (unpaired) electrons. The molecular weight excluding hydrogens is 266 g/mol. The third-order valence-electron chi connectivity index (χ3n) is 2.88. The number of aliphatic hydroxyl groups is 4. The molecular formula is C12H27N3O5. The fourth-order valence-corrected chi connectivity index (χ4v) is 1.68. The van der Waals surface area contributed by atoms with Crippen molar-refractivity contribution in [2.45, 2.75) is 57.8 Å². The van der Waals surface area contributed by atoms with Crippen molar-refractivity contribution in [1.82, 2.24) is 5.01 Å². The summed E-state index contributed by atoms with van der Waals surface area (Å²) in [6.07, 6.45) is -4.42. The molecule has 0 aliphatic carbocycles. The Balaban J connectivity index is 0.00000172. The lowest BCUT2D eigenvalue weighted by molar-refractivity contribution is -0.259. The first kappa shape index (κ1) is 19.1. The summed E-state index contributed by atoms with van der Waals surface area (Å²) in [5.74, 6) is 5.66. The molecule has 0 aromatic carbocycles. The predicted octanol–water partition coefficient (Wildman–Crippen LogP) is -1.80. The molecule has 0 saturated carbocycles. The highest BCUT2D eigenvalue weighted by molar-refractivity contribution is 4.98. The highest BCUT2D eigenvalue weighted by atomic mass is 16.6. The SMILES string of the molecule is CC.CC/C(N)=C/N(N)C1OC(CO)C(O)C(O)C1O. The third kappa shape index (κ3) is 4.58. The maximum Gasteiger partial charge on any atom is 0.172 e. The first-order valence-electron chi connectivity index (χ1n) is 6.72. The molecule has 1 saturated heterocycles. The quantitative estimate of drug-likeness (QED) is 0.263. The number of hydrazine groups is 1. The van der Waals surface area contributed by atoms with Gasteiger partial charge in [-0.3, -0.25) is 5.01 Å². The van der Waals surface area contributed by atoms with Gasteiger partial charge < -0.3 is 30.9 Å². The molecule has 8 nitrogen and oxygen atoms in total. The molecule has 0 aromatic rings. The number of aliphatic hydroxyl groups excluding tert-OH is 4. The largest absolute Gasteiger partial charge is 0.401 e. The van der Waals surface area contributed by atoms with Crippen molar-refractivity contribution >= 4 is 0 Å². The highest BCUT2D eigenvalue weighted by Crippen LogP contribution is 2.22. The van der Waals surface area contributed by atoms with Crippen molar-refractivity contribution in [1.29, 1.82) is 0 Å². The predicted molar refractivity (Wildman–Crippen MR) is 73.7 cm³/mol. The molecule has 5 unspecified atom stereocenters. The second kappa shape index (κ2) is 9.11. The highest BCUT2D eigenvalue weighted by Gasteiger charge is 2.44. The fourth-order valence-electron chi connectivity index (χ4n) is 1.68. The molecule has 20 heavy (non-hydrogen) atoms. The van der Waals surface area contributed by atoms with Crippen LogP contribution in [0.3, 0.4) is 0 Å². The Morgan fingerprint density at radius 3 is 2.20 bits per heavy atom. The van der Waals surface area contributed by atoms with Gasteiger partial charge in [0.1, 0.15) is 24.4 Å². The van der Waals surface area contributed by atoms with Gasteiger partial charge in [0.15, 0.2) is 6.23 Å². The Morgan fingerprint density at radius 2 is 1.75 bits per heavy atom. The average molecular weight is 293 g/mol. The van der Waals surface area contributed by atoms with E-state index in [0.717, 1.165) is 5.01 Å². The monoisotopic (exact) mass is 293 g/mol. The Kier molecular flexibility index (Phi) is 8.70. The Hall–Kier alpha value is -0.900. The summed E-state index contributed by atoms with van der Waals surface area (Å²) in [5, 5.41) is 39.0. The van der Waals surface area contributed by atoms with E-state index in [-0.39, 0.29) is 0 Å². The van der Waals surface area contributed by atoms with Gasteiger partial charge >= 0.3 is 0 Å². The molecule has 8 heteroatoms. The Labute approximate surface area is 119 Å². The van der Waals surface area contributed by atoms with Crippen LogP contribution in [0.15, 0.2) is 11.9 Å². The standard InChI is InChI=1S/C10H21N3O5.C2H6/c1-2-5(11)3-13(12)10-9(17)8(16)7(15)6(4-14)18-10;1-2/h3,6-10,14-17H,2,4,11-12H2,1H3;1-2H3/b5-3-;. The van der Waals surface area contributed by atoms with E-state index in [9.17, 15) is 15.3 Å². The molecule has 1 fully saturated rings. The Morgan fingerprint density at radius 1 is 1.20 bits per heavy atom. The van der Waals surface area contributed by atoms with E-state index in [1.54, 1.807) is 0 Å². The molecule has 1 aliphatic heterocycles. The van der Waals surface area contributed by atoms with Gasteiger partial charge in [-0.05, 0) is 6.42 Å². The van der Waals surface area contributed by atoms with E-state index in [1.807, 2.05) is 20.8 Å². The number of hydrogen-bond acceptors (Lipinski definition) is 8. The topological polar surface area (TPSA) is 145 Å². The Bertz CT molecular complexity index is 301. The third-order valence-corrected chi connectivity index (χ3v) is 2.88. The summed E-state index contributed by atoms with van der Waals surface area (Å²) in [5.41, 5.74) is 6.06.